The van der Waals surface area contributed by atoms with E-state index in [1.54, 1.807) is 0 Å². The molecule has 6 nitrogen and oxygen atoms in total. The third-order valence-corrected chi connectivity index (χ3v) is 15.3. The summed E-state index contributed by atoms with van der Waals surface area (Å²) in [5, 5.41) is 0. The van der Waals surface area contributed by atoms with Gasteiger partial charge in [-0.3, -0.25) is 14.6 Å². The molecule has 0 unspecified atom stereocenters. The van der Waals surface area contributed by atoms with Crippen molar-refractivity contribution in [3.8, 4) is 0 Å². The van der Waals surface area contributed by atoms with Crippen molar-refractivity contribution < 1.29 is 4.79 Å². The Kier molecular flexibility index (Phi) is 51.3. The summed E-state index contributed by atoms with van der Waals surface area (Å²) >= 11 is 0. The van der Waals surface area contributed by atoms with E-state index in [9.17, 15) is 4.79 Å². The third-order valence-electron chi connectivity index (χ3n) is 15.3. The van der Waals surface area contributed by atoms with Gasteiger partial charge >= 0.3 is 0 Å². The van der Waals surface area contributed by atoms with Crippen molar-refractivity contribution >= 4 is 5.91 Å². The lowest BCUT2D eigenvalue weighted by Crippen LogP contribution is -2.50. The molecule has 0 aromatic rings. The molecule has 1 aliphatic carbocycles. The number of likely N-dealkylation sites (N-methyl/N-ethyl adjacent to an activating group) is 2. The van der Waals surface area contributed by atoms with Crippen LogP contribution < -0.4 is 0 Å². The van der Waals surface area contributed by atoms with Gasteiger partial charge in [0.15, 0.2) is 0 Å². The summed E-state index contributed by atoms with van der Waals surface area (Å²) in [6.07, 6.45) is 50.6. The van der Waals surface area contributed by atoms with E-state index in [-0.39, 0.29) is 14.9 Å². The van der Waals surface area contributed by atoms with Gasteiger partial charge in [-0.1, -0.05) is 249 Å². The number of nitrogens with zero attached hydrogens (tertiary/aromatic N) is 5. The Morgan fingerprint density at radius 2 is 0.627 bits per heavy atom. The van der Waals surface area contributed by atoms with E-state index < -0.39 is 0 Å². The van der Waals surface area contributed by atoms with Gasteiger partial charge in [0.2, 0.25) is 5.91 Å². The van der Waals surface area contributed by atoms with Crippen LogP contribution in [-0.2, 0) is 4.79 Å². The molecule has 0 aromatic heterocycles. The van der Waals surface area contributed by atoms with Crippen molar-refractivity contribution in [3.05, 3.63) is 0 Å². The summed E-state index contributed by atoms with van der Waals surface area (Å²) in [4.78, 5) is 27.6. The van der Waals surface area contributed by atoms with Crippen LogP contribution in [-0.4, -0.2) is 121 Å². The average molecular weight is 949 g/mol. The van der Waals surface area contributed by atoms with E-state index in [1.165, 1.54) is 270 Å². The first-order valence-electron chi connectivity index (χ1n) is 30.1. The number of rotatable bonds is 53. The van der Waals surface area contributed by atoms with Crippen LogP contribution >= 0.6 is 0 Å². The average Bonchev–Trinajstić information content (AvgIpc) is 4.09. The Bertz CT molecular complexity index is 952. The van der Waals surface area contributed by atoms with E-state index in [0.717, 1.165) is 45.8 Å². The van der Waals surface area contributed by atoms with Crippen LogP contribution in [0.5, 0.6) is 0 Å². The Morgan fingerprint density at radius 1 is 0.328 bits per heavy atom. The SMILES string of the molecule is C.C.CCCCCCCCCN(CCCCCCCCC)CCN(CCCCCCCCC)CC(=O)N(CC)CCN(CC)C1(CN(CCCCCCCCC)CCCCCCCCC)CC1. The van der Waals surface area contributed by atoms with Gasteiger partial charge in [-0.15, -0.1) is 0 Å². The molecule has 0 saturated heterocycles. The minimum absolute atomic E-state index is 0. The van der Waals surface area contributed by atoms with Gasteiger partial charge in [0, 0.05) is 44.8 Å². The molecule has 0 radical (unpaired) electrons. The second-order valence-corrected chi connectivity index (χ2v) is 21.3. The van der Waals surface area contributed by atoms with Crippen molar-refractivity contribution in [3.63, 3.8) is 0 Å². The molecule has 67 heavy (non-hydrogen) atoms. The summed E-state index contributed by atoms with van der Waals surface area (Å²) in [6, 6.07) is 0. The van der Waals surface area contributed by atoms with E-state index in [2.05, 4.69) is 73.0 Å². The first-order valence-corrected chi connectivity index (χ1v) is 30.1. The van der Waals surface area contributed by atoms with Gasteiger partial charge in [-0.2, -0.15) is 0 Å². The molecule has 404 valence electrons. The largest absolute Gasteiger partial charge is 0.341 e. The zero-order valence-corrected chi connectivity index (χ0v) is 46.0. The minimum atomic E-state index is 0. The van der Waals surface area contributed by atoms with Gasteiger partial charge in [0.05, 0.1) is 6.54 Å². The molecule has 1 fully saturated rings. The zero-order valence-electron chi connectivity index (χ0n) is 46.0. The van der Waals surface area contributed by atoms with Crippen LogP contribution in [0.3, 0.4) is 0 Å². The molecular weight excluding hydrogens is 819 g/mol. The fourth-order valence-corrected chi connectivity index (χ4v) is 10.5. The summed E-state index contributed by atoms with van der Waals surface area (Å²) in [5.74, 6) is 0.363. The smallest absolute Gasteiger partial charge is 0.236 e. The topological polar surface area (TPSA) is 33.3 Å². The summed E-state index contributed by atoms with van der Waals surface area (Å²) < 4.78 is 0. The first kappa shape index (κ1) is 68.4. The zero-order chi connectivity index (χ0) is 47.3. The number of carbonyl (C=O) groups is 1. The molecule has 1 aliphatic rings. The molecular formula is C61H129N5O. The van der Waals surface area contributed by atoms with Gasteiger partial charge < -0.3 is 14.7 Å². The van der Waals surface area contributed by atoms with Gasteiger partial charge in [0.1, 0.15) is 0 Å². The predicted octanol–water partition coefficient (Wildman–Crippen LogP) is 17.6. The number of hydrogen-bond acceptors (Lipinski definition) is 5. The highest BCUT2D eigenvalue weighted by atomic mass is 16.2. The van der Waals surface area contributed by atoms with Crippen molar-refractivity contribution in [1.82, 2.24) is 24.5 Å². The monoisotopic (exact) mass is 948 g/mol. The minimum Gasteiger partial charge on any atom is -0.341 e. The number of hydrogen-bond donors (Lipinski definition) is 0. The highest BCUT2D eigenvalue weighted by Crippen LogP contribution is 2.42. The predicted molar refractivity (Wildman–Crippen MR) is 304 cm³/mol. The van der Waals surface area contributed by atoms with Gasteiger partial charge in [-0.25, -0.2) is 0 Å². The van der Waals surface area contributed by atoms with E-state index >= 15 is 0 Å². The van der Waals surface area contributed by atoms with Crippen LogP contribution in [0.1, 0.15) is 301 Å². The lowest BCUT2D eigenvalue weighted by molar-refractivity contribution is -0.132. The van der Waals surface area contributed by atoms with Crippen LogP contribution in [0.4, 0.5) is 0 Å². The van der Waals surface area contributed by atoms with Crippen molar-refractivity contribution in [2.75, 3.05) is 85.1 Å². The Morgan fingerprint density at radius 3 is 0.940 bits per heavy atom. The Labute approximate surface area is 425 Å². The maximum Gasteiger partial charge on any atom is 0.236 e. The fraction of sp³-hybridized carbons (Fsp3) is 0.984. The number of carbonyl (C=O) groups excluding carboxylic acids is 1. The van der Waals surface area contributed by atoms with Crippen molar-refractivity contribution in [2.24, 2.45) is 0 Å². The number of amides is 1. The molecule has 0 aliphatic heterocycles. The van der Waals surface area contributed by atoms with Crippen LogP contribution in [0.2, 0.25) is 0 Å². The fourth-order valence-electron chi connectivity index (χ4n) is 10.5. The highest BCUT2D eigenvalue weighted by molar-refractivity contribution is 5.78. The molecule has 0 bridgehead atoms. The van der Waals surface area contributed by atoms with Crippen molar-refractivity contribution in [1.29, 1.82) is 0 Å². The van der Waals surface area contributed by atoms with Crippen LogP contribution in [0.25, 0.3) is 0 Å². The quantitative estimate of drug-likeness (QED) is 0.0568. The normalized spacial score (nSPS) is 13.2. The maximum atomic E-state index is 14.3. The van der Waals surface area contributed by atoms with E-state index in [4.69, 9.17) is 0 Å². The van der Waals surface area contributed by atoms with Crippen LogP contribution in [0, 0.1) is 0 Å². The molecule has 1 amide bonds. The highest BCUT2D eigenvalue weighted by Gasteiger charge is 2.48. The molecule has 0 N–H and O–H groups in total. The lowest BCUT2D eigenvalue weighted by atomic mass is 10.1. The standard InChI is InChI=1S/C59H121N5O.2CH4/c1-8-15-20-25-30-35-40-47-60(48-41-36-31-26-21-16-9-2)52-53-61(49-42-37-32-27-22-17-10-3)56-58(65)63(13-6)54-55-64(14-7)59(45-46-59)57-62(50-43-38-33-28-23-18-11-4)51-44-39-34-29-24-19-12-5;;/h8-57H2,1-7H3;2*1H4. The molecule has 0 heterocycles. The Hall–Kier alpha value is -0.690. The van der Waals surface area contributed by atoms with Crippen LogP contribution in [0.15, 0.2) is 0 Å². The first-order chi connectivity index (χ1) is 31.9. The molecule has 0 aromatic carbocycles. The van der Waals surface area contributed by atoms with Gasteiger partial charge in [-0.05, 0) is 91.1 Å². The molecule has 0 atom stereocenters. The summed E-state index contributed by atoms with van der Waals surface area (Å²) in [6.45, 7) is 30.0. The molecule has 0 spiro atoms. The summed E-state index contributed by atoms with van der Waals surface area (Å²) in [7, 11) is 0. The lowest BCUT2D eigenvalue weighted by Gasteiger charge is -2.37. The van der Waals surface area contributed by atoms with E-state index in [0.29, 0.717) is 18.0 Å². The van der Waals surface area contributed by atoms with E-state index in [1.807, 2.05) is 0 Å². The second kappa shape index (κ2) is 50.3. The van der Waals surface area contributed by atoms with Crippen molar-refractivity contribution in [2.45, 2.75) is 306 Å². The van der Waals surface area contributed by atoms with Gasteiger partial charge in [0.25, 0.3) is 0 Å². The number of unbranched alkanes of at least 4 members (excludes halogenated alkanes) is 30. The second-order valence-electron chi connectivity index (χ2n) is 21.3. The molecule has 6 heteroatoms. The third kappa shape index (κ3) is 38.6. The molecule has 1 saturated carbocycles. The summed E-state index contributed by atoms with van der Waals surface area (Å²) in [5.41, 5.74) is 0.317. The molecule has 1 rings (SSSR count). The maximum absolute atomic E-state index is 14.3. The Balaban J connectivity index is 0.